The van der Waals surface area contributed by atoms with E-state index in [0.717, 1.165) is 3.94 Å². The first-order chi connectivity index (χ1) is 7.86. The minimum atomic E-state index is -3.52. The Morgan fingerprint density at radius 2 is 1.68 bits per heavy atom. The lowest BCUT2D eigenvalue weighted by molar-refractivity contribution is -0.870. The molecule has 118 valence electrons. The van der Waals surface area contributed by atoms with E-state index in [2.05, 4.69) is 0 Å². The summed E-state index contributed by atoms with van der Waals surface area (Å²) in [7, 11) is 2.39. The number of rotatable bonds is 8. The molecule has 0 rings (SSSR count). The van der Waals surface area contributed by atoms with Crippen LogP contribution in [0, 0.1) is 0 Å². The lowest BCUT2D eigenvalue weighted by Crippen LogP contribution is -3.00. The van der Waals surface area contributed by atoms with Crippen LogP contribution in [0.5, 0.6) is 0 Å². The van der Waals surface area contributed by atoms with Gasteiger partial charge in [0.25, 0.3) is 10.1 Å². The highest BCUT2D eigenvalue weighted by molar-refractivity contribution is 7.86. The Kier molecular flexibility index (Phi) is 9.51. The van der Waals surface area contributed by atoms with Crippen LogP contribution in [-0.4, -0.2) is 62.4 Å². The Morgan fingerprint density at radius 3 is 2.05 bits per heavy atom. The number of nitrogens with zero attached hydrogens (tertiary/aromatic N) is 2. The van der Waals surface area contributed by atoms with Crippen molar-refractivity contribution in [3.8, 4) is 0 Å². The van der Waals surface area contributed by atoms with Crippen molar-refractivity contribution in [1.82, 2.24) is 3.94 Å². The van der Waals surface area contributed by atoms with Crippen molar-refractivity contribution >= 4 is 33.7 Å². The summed E-state index contributed by atoms with van der Waals surface area (Å²) in [6, 6.07) is 0. The van der Waals surface area contributed by atoms with Gasteiger partial charge in [0.15, 0.2) is 0 Å². The van der Waals surface area contributed by atoms with Gasteiger partial charge in [-0.05, 0) is 43.8 Å². The zero-order valence-electron chi connectivity index (χ0n) is 12.0. The Morgan fingerprint density at radius 1 is 1.21 bits per heavy atom. The van der Waals surface area contributed by atoms with Crippen LogP contribution in [0.25, 0.3) is 0 Å². The van der Waals surface area contributed by atoms with Crippen molar-refractivity contribution in [2.75, 3.05) is 40.0 Å². The van der Waals surface area contributed by atoms with Crippen molar-refractivity contribution in [2.24, 2.45) is 0 Å². The lowest BCUT2D eigenvalue weighted by Gasteiger charge is -2.27. The summed E-state index contributed by atoms with van der Waals surface area (Å²) < 4.78 is 29.9. The van der Waals surface area contributed by atoms with E-state index < -0.39 is 15.7 Å². The molecule has 0 amide bonds. The molecule has 0 aromatic carbocycles. The van der Waals surface area contributed by atoms with Crippen molar-refractivity contribution in [3.63, 3.8) is 0 Å². The van der Waals surface area contributed by atoms with E-state index in [-0.39, 0.29) is 24.8 Å². The van der Waals surface area contributed by atoms with Crippen molar-refractivity contribution in [3.05, 3.63) is 0 Å². The van der Waals surface area contributed by atoms with Crippen LogP contribution in [-0.2, 0) is 14.3 Å². The first kappa shape index (κ1) is 22.0. The monoisotopic (exact) mass is 356 g/mol. The second-order valence-electron chi connectivity index (χ2n) is 5.89. The molecule has 0 aliphatic rings. The third-order valence-corrected chi connectivity index (χ3v) is 4.59. The van der Waals surface area contributed by atoms with Gasteiger partial charge >= 0.3 is 0 Å². The average Bonchev–Trinajstić information content (AvgIpc) is 2.12. The number of halogens is 3. The minimum Gasteiger partial charge on any atom is -1.00 e. The van der Waals surface area contributed by atoms with Crippen LogP contribution in [0.2, 0.25) is 0 Å². The SMILES string of the molecule is CC(C)(CCS(=O)(=O)OCC[N+](C)(C)C)N(Cl)Cl.[Cl-]. The van der Waals surface area contributed by atoms with E-state index in [0.29, 0.717) is 17.4 Å². The minimum absolute atomic E-state index is 0. The maximum Gasteiger partial charge on any atom is 0.267 e. The fourth-order valence-corrected chi connectivity index (χ4v) is 2.32. The lowest BCUT2D eigenvalue weighted by atomic mass is 10.0. The third-order valence-electron chi connectivity index (χ3n) is 2.45. The maximum atomic E-state index is 11.7. The predicted octanol–water partition coefficient (Wildman–Crippen LogP) is -1.18. The normalized spacial score (nSPS) is 13.5. The number of hydrogen-bond donors (Lipinski definition) is 0. The molecular formula is C10H23Cl3N2O3S. The summed E-state index contributed by atoms with van der Waals surface area (Å²) in [5.74, 6) is -0.104. The van der Waals surface area contributed by atoms with Gasteiger partial charge in [-0.25, -0.2) is 0 Å². The smallest absolute Gasteiger partial charge is 0.267 e. The zero-order chi connectivity index (χ0) is 14.6. The maximum absolute atomic E-state index is 11.7. The van der Waals surface area contributed by atoms with E-state index in [1.54, 1.807) is 13.8 Å². The molecule has 0 saturated heterocycles. The third kappa shape index (κ3) is 11.1. The van der Waals surface area contributed by atoms with Gasteiger partial charge in [0.05, 0.1) is 26.9 Å². The van der Waals surface area contributed by atoms with Crippen molar-refractivity contribution in [2.45, 2.75) is 25.8 Å². The molecule has 0 unspecified atom stereocenters. The second-order valence-corrected chi connectivity index (χ2v) is 8.50. The van der Waals surface area contributed by atoms with E-state index >= 15 is 0 Å². The Bertz CT molecular complexity index is 354. The molecule has 0 bridgehead atoms. The summed E-state index contributed by atoms with van der Waals surface area (Å²) in [5.41, 5.74) is -0.611. The quantitative estimate of drug-likeness (QED) is 0.312. The van der Waals surface area contributed by atoms with Gasteiger partial charge in [0.2, 0.25) is 0 Å². The van der Waals surface area contributed by atoms with Crippen molar-refractivity contribution < 1.29 is 29.5 Å². The zero-order valence-corrected chi connectivity index (χ0v) is 15.1. The molecule has 0 radical (unpaired) electrons. The van der Waals surface area contributed by atoms with Gasteiger partial charge in [-0.2, -0.15) is 8.42 Å². The summed E-state index contributed by atoms with van der Waals surface area (Å²) in [5, 5.41) is 0. The molecule has 0 saturated carbocycles. The molecule has 0 N–H and O–H groups in total. The van der Waals surface area contributed by atoms with Gasteiger partial charge < -0.3 is 16.9 Å². The van der Waals surface area contributed by atoms with Crippen LogP contribution in [0.1, 0.15) is 20.3 Å². The topological polar surface area (TPSA) is 46.6 Å². The molecule has 0 aliphatic carbocycles. The summed E-state index contributed by atoms with van der Waals surface area (Å²) in [4.78, 5) is 0. The average molecular weight is 358 g/mol. The highest BCUT2D eigenvalue weighted by atomic mass is 35.5. The molecule has 5 nitrogen and oxygen atoms in total. The molecule has 0 aromatic heterocycles. The van der Waals surface area contributed by atoms with E-state index in [1.165, 1.54) is 0 Å². The van der Waals surface area contributed by atoms with E-state index in [1.807, 2.05) is 21.1 Å². The molecule has 0 fully saturated rings. The molecule has 9 heteroatoms. The first-order valence-electron chi connectivity index (χ1n) is 5.65. The number of quaternary nitrogens is 1. The number of likely N-dealkylation sites (N-methyl/N-ethyl adjacent to an activating group) is 1. The van der Waals surface area contributed by atoms with Crippen LogP contribution < -0.4 is 12.4 Å². The molecule has 0 aliphatic heterocycles. The largest absolute Gasteiger partial charge is 1.00 e. The standard InChI is InChI=1S/C10H23Cl2N2O3S.ClH/c1-10(2,13(11)12)6-9-18(15,16)17-8-7-14(3,4)5;/h6-9H2,1-5H3;1H/q+1;/p-1. The summed E-state index contributed by atoms with van der Waals surface area (Å²) >= 11 is 11.2. The van der Waals surface area contributed by atoms with Crippen LogP contribution in [0.4, 0.5) is 0 Å². The van der Waals surface area contributed by atoms with Gasteiger partial charge in [0.1, 0.15) is 13.2 Å². The van der Waals surface area contributed by atoms with E-state index in [9.17, 15) is 8.42 Å². The summed E-state index contributed by atoms with van der Waals surface area (Å²) in [6.07, 6.45) is 0.298. The first-order valence-corrected chi connectivity index (χ1v) is 7.90. The molecular weight excluding hydrogens is 335 g/mol. The number of hydrogen-bond acceptors (Lipinski definition) is 4. The van der Waals surface area contributed by atoms with Crippen LogP contribution in [0.15, 0.2) is 0 Å². The molecule has 19 heavy (non-hydrogen) atoms. The summed E-state index contributed by atoms with van der Waals surface area (Å²) in [6.45, 7) is 4.32. The highest BCUT2D eigenvalue weighted by Crippen LogP contribution is 2.24. The Hall–Kier alpha value is 0.700. The van der Waals surface area contributed by atoms with Crippen molar-refractivity contribution in [1.29, 1.82) is 0 Å². The molecule has 0 aromatic rings. The van der Waals surface area contributed by atoms with Gasteiger partial charge in [-0.15, -0.1) is 3.94 Å². The molecule has 0 heterocycles. The van der Waals surface area contributed by atoms with Gasteiger partial charge in [-0.1, -0.05) is 0 Å². The van der Waals surface area contributed by atoms with Gasteiger partial charge in [0, 0.05) is 5.54 Å². The molecule has 0 spiro atoms. The fourth-order valence-electron chi connectivity index (χ4n) is 0.956. The fraction of sp³-hybridized carbons (Fsp3) is 1.00. The van der Waals surface area contributed by atoms with E-state index in [4.69, 9.17) is 27.7 Å². The predicted molar refractivity (Wildman–Crippen MR) is 74.9 cm³/mol. The molecule has 0 atom stereocenters. The van der Waals surface area contributed by atoms with Gasteiger partial charge in [-0.3, -0.25) is 4.18 Å². The van der Waals surface area contributed by atoms with Crippen LogP contribution in [0.3, 0.4) is 0 Å². The second kappa shape index (κ2) is 8.22. The highest BCUT2D eigenvalue weighted by Gasteiger charge is 2.27. The Labute approximate surface area is 133 Å². The Balaban J connectivity index is 0. The van der Waals surface area contributed by atoms with Crippen LogP contribution >= 0.6 is 23.6 Å².